The Balaban J connectivity index is 3.38. The van der Waals surface area contributed by atoms with Gasteiger partial charge in [0.2, 0.25) is 0 Å². The first-order valence-electron chi connectivity index (χ1n) is 4.62. The van der Waals surface area contributed by atoms with Gasteiger partial charge in [-0.1, -0.05) is 22.9 Å². The maximum Gasteiger partial charge on any atom is 0.420 e. The van der Waals surface area contributed by atoms with Crippen molar-refractivity contribution in [3.63, 3.8) is 0 Å². The molecule has 0 aliphatic carbocycles. The van der Waals surface area contributed by atoms with Crippen molar-refractivity contribution in [2.75, 3.05) is 0 Å². The van der Waals surface area contributed by atoms with E-state index in [0.29, 0.717) is 6.42 Å². The molecule has 1 aromatic rings. The lowest BCUT2D eigenvalue weighted by molar-refractivity contribution is -0.138. The monoisotopic (exact) mass is 297 g/mol. The zero-order valence-electron chi connectivity index (χ0n) is 8.48. The van der Waals surface area contributed by atoms with Gasteiger partial charge in [-0.25, -0.2) is 0 Å². The molecule has 0 aliphatic rings. The van der Waals surface area contributed by atoms with Crippen molar-refractivity contribution in [2.24, 2.45) is 5.73 Å². The zero-order chi connectivity index (χ0) is 12.5. The summed E-state index contributed by atoms with van der Waals surface area (Å²) in [5, 5.41) is 9.53. The molecular formula is C10H11BrF3NO. The Morgan fingerprint density at radius 1 is 1.44 bits per heavy atom. The van der Waals surface area contributed by atoms with Crippen molar-refractivity contribution in [3.8, 4) is 5.75 Å². The Morgan fingerprint density at radius 2 is 2.00 bits per heavy atom. The molecule has 0 radical (unpaired) electrons. The molecule has 0 spiro atoms. The van der Waals surface area contributed by atoms with E-state index < -0.39 is 23.5 Å². The molecule has 0 heterocycles. The zero-order valence-corrected chi connectivity index (χ0v) is 10.1. The normalized spacial score (nSPS) is 13.9. The van der Waals surface area contributed by atoms with Crippen LogP contribution in [0.1, 0.15) is 30.5 Å². The van der Waals surface area contributed by atoms with Crippen LogP contribution in [-0.2, 0) is 6.18 Å². The van der Waals surface area contributed by atoms with E-state index in [1.807, 2.05) is 0 Å². The lowest BCUT2D eigenvalue weighted by Crippen LogP contribution is -2.12. The van der Waals surface area contributed by atoms with Gasteiger partial charge in [0.05, 0.1) is 5.56 Å². The third kappa shape index (κ3) is 2.68. The van der Waals surface area contributed by atoms with E-state index >= 15 is 0 Å². The predicted octanol–water partition coefficient (Wildman–Crippen LogP) is 3.58. The van der Waals surface area contributed by atoms with Gasteiger partial charge in [0.25, 0.3) is 0 Å². The van der Waals surface area contributed by atoms with Gasteiger partial charge >= 0.3 is 6.18 Å². The van der Waals surface area contributed by atoms with Crippen LogP contribution in [0.2, 0.25) is 0 Å². The molecule has 2 nitrogen and oxygen atoms in total. The largest absolute Gasteiger partial charge is 0.507 e. The number of halogens is 4. The van der Waals surface area contributed by atoms with Crippen molar-refractivity contribution in [1.29, 1.82) is 0 Å². The van der Waals surface area contributed by atoms with E-state index in [9.17, 15) is 18.3 Å². The third-order valence-corrected chi connectivity index (χ3v) is 2.71. The molecule has 0 aromatic heterocycles. The van der Waals surface area contributed by atoms with Crippen molar-refractivity contribution in [1.82, 2.24) is 0 Å². The number of benzene rings is 1. The molecule has 3 N–H and O–H groups in total. The van der Waals surface area contributed by atoms with E-state index in [2.05, 4.69) is 15.9 Å². The number of hydrogen-bond donors (Lipinski definition) is 2. The average Bonchev–Trinajstić information content (AvgIpc) is 2.18. The van der Waals surface area contributed by atoms with Gasteiger partial charge in [0, 0.05) is 16.1 Å². The van der Waals surface area contributed by atoms with Gasteiger partial charge in [-0.05, 0) is 18.6 Å². The maximum absolute atomic E-state index is 12.6. The summed E-state index contributed by atoms with van der Waals surface area (Å²) in [5.41, 5.74) is 4.66. The molecule has 0 saturated heterocycles. The molecule has 0 aliphatic heterocycles. The smallest absolute Gasteiger partial charge is 0.420 e. The number of nitrogens with two attached hydrogens (primary N) is 1. The van der Waals surface area contributed by atoms with Crippen LogP contribution in [0.3, 0.4) is 0 Å². The molecule has 0 bridgehead atoms. The Kier molecular flexibility index (Phi) is 3.85. The van der Waals surface area contributed by atoms with Crippen molar-refractivity contribution in [3.05, 3.63) is 27.7 Å². The minimum Gasteiger partial charge on any atom is -0.507 e. The minimum atomic E-state index is -4.59. The Bertz CT molecular complexity index is 392. The van der Waals surface area contributed by atoms with E-state index in [4.69, 9.17) is 5.73 Å². The second-order valence-corrected chi connectivity index (χ2v) is 4.32. The van der Waals surface area contributed by atoms with Gasteiger partial charge in [0.1, 0.15) is 5.75 Å². The van der Waals surface area contributed by atoms with Crippen molar-refractivity contribution < 1.29 is 18.3 Å². The van der Waals surface area contributed by atoms with E-state index in [-0.39, 0.29) is 10.0 Å². The highest BCUT2D eigenvalue weighted by molar-refractivity contribution is 9.10. The average molecular weight is 298 g/mol. The van der Waals surface area contributed by atoms with Crippen LogP contribution in [0.15, 0.2) is 16.6 Å². The van der Waals surface area contributed by atoms with Crippen LogP contribution in [-0.4, -0.2) is 5.11 Å². The Hall–Kier alpha value is -0.750. The van der Waals surface area contributed by atoms with E-state index in [0.717, 1.165) is 6.07 Å². The van der Waals surface area contributed by atoms with Gasteiger partial charge in [-0.2, -0.15) is 13.2 Å². The van der Waals surface area contributed by atoms with Gasteiger partial charge in [-0.15, -0.1) is 0 Å². The molecular weight excluding hydrogens is 287 g/mol. The standard InChI is InChI=1S/C10H11BrF3NO/c1-2-8(15)6-3-5(11)4-7(9(6)16)10(12,13)14/h3-4,8,16H,2,15H2,1H3/t8-/m0/s1. The Morgan fingerprint density at radius 3 is 2.44 bits per heavy atom. The summed E-state index contributed by atoms with van der Waals surface area (Å²) in [5.74, 6) is -0.787. The number of rotatable bonds is 2. The highest BCUT2D eigenvalue weighted by atomic mass is 79.9. The number of phenolic OH excluding ortho intramolecular Hbond substituents is 1. The molecule has 0 fully saturated rings. The third-order valence-electron chi connectivity index (χ3n) is 2.25. The fourth-order valence-corrected chi connectivity index (χ4v) is 1.81. The quantitative estimate of drug-likeness (QED) is 0.876. The maximum atomic E-state index is 12.6. The van der Waals surface area contributed by atoms with Crippen LogP contribution in [0, 0.1) is 0 Å². The summed E-state index contributed by atoms with van der Waals surface area (Å²) in [6.07, 6.45) is -4.14. The minimum absolute atomic E-state index is 0.101. The van der Waals surface area contributed by atoms with E-state index in [1.165, 1.54) is 6.07 Å². The molecule has 16 heavy (non-hydrogen) atoms. The second-order valence-electron chi connectivity index (χ2n) is 3.40. The van der Waals surface area contributed by atoms with Gasteiger partial charge in [0.15, 0.2) is 0 Å². The number of hydrogen-bond acceptors (Lipinski definition) is 2. The number of phenols is 1. The molecule has 1 atom stereocenters. The van der Waals surface area contributed by atoms with Crippen LogP contribution >= 0.6 is 15.9 Å². The van der Waals surface area contributed by atoms with Crippen molar-refractivity contribution >= 4 is 15.9 Å². The van der Waals surface area contributed by atoms with Crippen LogP contribution < -0.4 is 5.73 Å². The predicted molar refractivity (Wildman–Crippen MR) is 58.0 cm³/mol. The highest BCUT2D eigenvalue weighted by Crippen LogP contribution is 2.41. The summed E-state index contributed by atoms with van der Waals surface area (Å²) in [4.78, 5) is 0. The first kappa shape index (κ1) is 13.3. The SMILES string of the molecule is CC[C@H](N)c1cc(Br)cc(C(F)(F)F)c1O. The van der Waals surface area contributed by atoms with Gasteiger partial charge in [-0.3, -0.25) is 0 Å². The molecule has 1 rings (SSSR count). The summed E-state index contributed by atoms with van der Waals surface area (Å²) in [6, 6.07) is 1.62. The fourth-order valence-electron chi connectivity index (χ4n) is 1.34. The fraction of sp³-hybridized carbons (Fsp3) is 0.400. The number of aromatic hydroxyl groups is 1. The van der Waals surface area contributed by atoms with Crippen molar-refractivity contribution in [2.45, 2.75) is 25.6 Å². The molecule has 0 unspecified atom stereocenters. The topological polar surface area (TPSA) is 46.2 Å². The lowest BCUT2D eigenvalue weighted by atomic mass is 10.0. The number of alkyl halides is 3. The summed E-state index contributed by atoms with van der Waals surface area (Å²) in [6.45, 7) is 1.73. The summed E-state index contributed by atoms with van der Waals surface area (Å²) >= 11 is 2.97. The molecule has 1 aromatic carbocycles. The Labute approximate surface area is 99.4 Å². The molecule has 90 valence electrons. The first-order valence-corrected chi connectivity index (χ1v) is 5.41. The molecule has 6 heteroatoms. The van der Waals surface area contributed by atoms with E-state index in [1.54, 1.807) is 6.92 Å². The first-order chi connectivity index (χ1) is 7.27. The van der Waals surface area contributed by atoms with Crippen LogP contribution in [0.25, 0.3) is 0 Å². The highest BCUT2D eigenvalue weighted by Gasteiger charge is 2.35. The summed E-state index contributed by atoms with van der Waals surface area (Å²) < 4.78 is 37.9. The summed E-state index contributed by atoms with van der Waals surface area (Å²) in [7, 11) is 0. The molecule has 0 amide bonds. The van der Waals surface area contributed by atoms with Gasteiger partial charge < -0.3 is 10.8 Å². The van der Waals surface area contributed by atoms with Crippen LogP contribution in [0.5, 0.6) is 5.75 Å². The second kappa shape index (κ2) is 4.63. The lowest BCUT2D eigenvalue weighted by Gasteiger charge is -2.16. The molecule has 0 saturated carbocycles. The van der Waals surface area contributed by atoms with Crippen LogP contribution in [0.4, 0.5) is 13.2 Å².